The lowest BCUT2D eigenvalue weighted by atomic mass is 10.3. The smallest absolute Gasteiger partial charge is 0.0823 e. The van der Waals surface area contributed by atoms with Gasteiger partial charge in [0.05, 0.1) is 17.1 Å². The second kappa shape index (κ2) is 2.73. The van der Waals surface area contributed by atoms with Crippen molar-refractivity contribution < 1.29 is 0 Å². The molecule has 4 heteroatoms. The van der Waals surface area contributed by atoms with Gasteiger partial charge in [0.15, 0.2) is 0 Å². The number of nitrogens with two attached hydrogens (primary N) is 1. The highest BCUT2D eigenvalue weighted by Crippen LogP contribution is 2.09. The zero-order chi connectivity index (χ0) is 6.15. The Labute approximate surface area is 60.1 Å². The molecule has 1 aromatic heterocycles. The first kappa shape index (κ1) is 8.30. The predicted octanol–water partition coefficient (Wildman–Crippen LogP) is 1.03. The summed E-state index contributed by atoms with van der Waals surface area (Å²) in [5.41, 5.74) is 8.10. The topological polar surface area (TPSA) is 54.7 Å². The van der Waals surface area contributed by atoms with Gasteiger partial charge >= 0.3 is 0 Å². The Bertz CT molecular complexity index is 175. The van der Waals surface area contributed by atoms with Crippen molar-refractivity contribution in [3.63, 3.8) is 0 Å². The number of nitrogen functional groups attached to an aromatic ring is 1. The van der Waals surface area contributed by atoms with E-state index < -0.39 is 0 Å². The van der Waals surface area contributed by atoms with Crippen molar-refractivity contribution in [1.29, 1.82) is 0 Å². The van der Waals surface area contributed by atoms with Gasteiger partial charge in [0.1, 0.15) is 0 Å². The molecule has 3 N–H and O–H groups in total. The fourth-order valence-electron chi connectivity index (χ4n) is 0.560. The van der Waals surface area contributed by atoms with E-state index in [1.165, 1.54) is 0 Å². The normalized spacial score (nSPS) is 8.67. The van der Waals surface area contributed by atoms with Gasteiger partial charge in [-0.05, 0) is 13.8 Å². The first-order valence-electron chi connectivity index (χ1n) is 2.49. The average Bonchev–Trinajstić information content (AvgIpc) is 1.98. The maximum Gasteiger partial charge on any atom is 0.0823 e. The maximum absolute atomic E-state index is 5.51. The lowest BCUT2D eigenvalue weighted by Gasteiger charge is -1.84. The van der Waals surface area contributed by atoms with Gasteiger partial charge in [-0.2, -0.15) is 5.10 Å². The Balaban J connectivity index is 0.000000640. The largest absolute Gasteiger partial charge is 0.396 e. The summed E-state index contributed by atoms with van der Waals surface area (Å²) in [4.78, 5) is 0. The van der Waals surface area contributed by atoms with Crippen LogP contribution in [0, 0.1) is 13.8 Å². The molecule has 0 bridgehead atoms. The van der Waals surface area contributed by atoms with Crippen LogP contribution in [0.15, 0.2) is 0 Å². The van der Waals surface area contributed by atoms with Crippen LogP contribution in [0.25, 0.3) is 0 Å². The van der Waals surface area contributed by atoms with Gasteiger partial charge in [-0.1, -0.05) is 0 Å². The number of rotatable bonds is 0. The molecule has 0 atom stereocenters. The van der Waals surface area contributed by atoms with Crippen molar-refractivity contribution in [3.05, 3.63) is 11.4 Å². The van der Waals surface area contributed by atoms with Crippen molar-refractivity contribution in [2.75, 3.05) is 5.73 Å². The molecular formula is C5H10ClN3. The van der Waals surface area contributed by atoms with Crippen LogP contribution in [0.1, 0.15) is 11.4 Å². The molecule has 1 rings (SSSR count). The van der Waals surface area contributed by atoms with Gasteiger partial charge in [0.25, 0.3) is 0 Å². The molecule has 52 valence electrons. The molecule has 0 radical (unpaired) electrons. The van der Waals surface area contributed by atoms with Crippen LogP contribution >= 0.6 is 12.4 Å². The number of nitrogens with one attached hydrogen (secondary N) is 1. The zero-order valence-corrected chi connectivity index (χ0v) is 6.25. The number of aromatic amines is 1. The first-order chi connectivity index (χ1) is 3.72. The second-order valence-electron chi connectivity index (χ2n) is 1.85. The number of nitrogens with zero attached hydrogens (tertiary/aromatic N) is 1. The van der Waals surface area contributed by atoms with Crippen LogP contribution in [0.3, 0.4) is 0 Å². The Hall–Kier alpha value is -0.700. The van der Waals surface area contributed by atoms with Crippen molar-refractivity contribution >= 4 is 18.1 Å². The summed E-state index contributed by atoms with van der Waals surface area (Å²) in [6.45, 7) is 3.77. The molecule has 1 heterocycles. The minimum absolute atomic E-state index is 0. The van der Waals surface area contributed by atoms with E-state index in [2.05, 4.69) is 10.2 Å². The van der Waals surface area contributed by atoms with Gasteiger partial charge in [0.2, 0.25) is 0 Å². The van der Waals surface area contributed by atoms with E-state index in [0.29, 0.717) is 0 Å². The molecule has 0 aliphatic heterocycles. The summed E-state index contributed by atoms with van der Waals surface area (Å²) in [5, 5.41) is 6.63. The molecule has 0 fully saturated rings. The molecule has 0 aliphatic rings. The predicted molar refractivity (Wildman–Crippen MR) is 39.7 cm³/mol. The summed E-state index contributed by atoms with van der Waals surface area (Å²) in [7, 11) is 0. The SMILES string of the molecule is Cc1n[nH]c(C)c1N.Cl. The van der Waals surface area contributed by atoms with E-state index in [-0.39, 0.29) is 12.4 Å². The van der Waals surface area contributed by atoms with Crippen molar-refractivity contribution in [1.82, 2.24) is 10.2 Å². The molecule has 3 nitrogen and oxygen atoms in total. The monoisotopic (exact) mass is 147 g/mol. The van der Waals surface area contributed by atoms with E-state index in [1.54, 1.807) is 0 Å². The fourth-order valence-corrected chi connectivity index (χ4v) is 0.560. The van der Waals surface area contributed by atoms with Crippen LogP contribution in [0.4, 0.5) is 5.69 Å². The highest BCUT2D eigenvalue weighted by molar-refractivity contribution is 5.85. The molecule has 9 heavy (non-hydrogen) atoms. The lowest BCUT2D eigenvalue weighted by Crippen LogP contribution is -1.86. The number of hydrogen-bond acceptors (Lipinski definition) is 2. The van der Waals surface area contributed by atoms with E-state index in [0.717, 1.165) is 17.1 Å². The number of hydrogen-bond donors (Lipinski definition) is 2. The van der Waals surface area contributed by atoms with Gasteiger partial charge in [0, 0.05) is 0 Å². The molecule has 1 aromatic rings. The standard InChI is InChI=1S/C5H9N3.ClH/c1-3-5(6)4(2)8-7-3;/h6H2,1-2H3,(H,7,8);1H. The minimum atomic E-state index is 0. The number of halogens is 1. The number of aromatic nitrogens is 2. The Kier molecular flexibility index (Phi) is 2.52. The minimum Gasteiger partial charge on any atom is -0.396 e. The van der Waals surface area contributed by atoms with E-state index in [4.69, 9.17) is 5.73 Å². The summed E-state index contributed by atoms with van der Waals surface area (Å²) < 4.78 is 0. The molecule has 0 amide bonds. The van der Waals surface area contributed by atoms with Gasteiger partial charge in [-0.25, -0.2) is 0 Å². The average molecular weight is 148 g/mol. The summed E-state index contributed by atoms with van der Waals surface area (Å²) in [6, 6.07) is 0. The maximum atomic E-state index is 5.51. The molecule has 0 saturated heterocycles. The molecule has 0 unspecified atom stereocenters. The number of aryl methyl sites for hydroxylation is 2. The summed E-state index contributed by atoms with van der Waals surface area (Å²) >= 11 is 0. The molecular weight excluding hydrogens is 138 g/mol. The first-order valence-corrected chi connectivity index (χ1v) is 2.49. The number of H-pyrrole nitrogens is 1. The molecule has 0 aliphatic carbocycles. The van der Waals surface area contributed by atoms with Gasteiger partial charge < -0.3 is 5.73 Å². The van der Waals surface area contributed by atoms with Crippen LogP contribution in [-0.4, -0.2) is 10.2 Å². The van der Waals surface area contributed by atoms with Crippen molar-refractivity contribution in [2.24, 2.45) is 0 Å². The van der Waals surface area contributed by atoms with Gasteiger partial charge in [-0.3, -0.25) is 5.10 Å². The highest BCUT2D eigenvalue weighted by Gasteiger charge is 1.97. The van der Waals surface area contributed by atoms with Crippen LogP contribution < -0.4 is 5.73 Å². The zero-order valence-electron chi connectivity index (χ0n) is 5.43. The van der Waals surface area contributed by atoms with Crippen LogP contribution in [0.2, 0.25) is 0 Å². The third-order valence-electron chi connectivity index (χ3n) is 1.19. The van der Waals surface area contributed by atoms with E-state index in [9.17, 15) is 0 Å². The lowest BCUT2D eigenvalue weighted by molar-refractivity contribution is 1.02. The summed E-state index contributed by atoms with van der Waals surface area (Å²) in [5.74, 6) is 0. The third kappa shape index (κ3) is 1.36. The number of anilines is 1. The second-order valence-corrected chi connectivity index (χ2v) is 1.85. The molecule has 0 aromatic carbocycles. The van der Waals surface area contributed by atoms with Gasteiger partial charge in [-0.15, -0.1) is 12.4 Å². The molecule has 0 saturated carbocycles. The third-order valence-corrected chi connectivity index (χ3v) is 1.19. The Morgan fingerprint density at radius 2 is 2.00 bits per heavy atom. The summed E-state index contributed by atoms with van der Waals surface area (Å²) in [6.07, 6.45) is 0. The van der Waals surface area contributed by atoms with E-state index in [1.807, 2.05) is 13.8 Å². The quantitative estimate of drug-likeness (QED) is 0.576. The van der Waals surface area contributed by atoms with Crippen LogP contribution in [0.5, 0.6) is 0 Å². The van der Waals surface area contributed by atoms with Crippen molar-refractivity contribution in [3.8, 4) is 0 Å². The van der Waals surface area contributed by atoms with E-state index >= 15 is 0 Å². The fraction of sp³-hybridized carbons (Fsp3) is 0.400. The van der Waals surface area contributed by atoms with Crippen LogP contribution in [-0.2, 0) is 0 Å². The van der Waals surface area contributed by atoms with Crippen molar-refractivity contribution in [2.45, 2.75) is 13.8 Å². The Morgan fingerprint density at radius 3 is 2.11 bits per heavy atom. The Morgan fingerprint density at radius 1 is 1.44 bits per heavy atom. The highest BCUT2D eigenvalue weighted by atomic mass is 35.5. The molecule has 0 spiro atoms.